The second-order valence-corrected chi connectivity index (χ2v) is 7.51. The van der Waals surface area contributed by atoms with Gasteiger partial charge < -0.3 is 11.1 Å². The minimum absolute atomic E-state index is 0.138. The Labute approximate surface area is 165 Å². The summed E-state index contributed by atoms with van der Waals surface area (Å²) < 4.78 is 13.1. The van der Waals surface area contributed by atoms with Crippen LogP contribution in [0.1, 0.15) is 28.2 Å². The van der Waals surface area contributed by atoms with Crippen molar-refractivity contribution in [3.8, 4) is 11.3 Å². The zero-order chi connectivity index (χ0) is 19.7. The molecule has 4 rings (SSSR count). The number of carbonyl (C=O) groups excluding carboxylic acids is 1. The highest BCUT2D eigenvalue weighted by atomic mass is 32.1. The number of nitrogen functional groups attached to an aromatic ring is 1. The molecule has 3 N–H and O–H groups in total. The van der Waals surface area contributed by atoms with Gasteiger partial charge in [0.15, 0.2) is 0 Å². The van der Waals surface area contributed by atoms with E-state index >= 15 is 0 Å². The van der Waals surface area contributed by atoms with Gasteiger partial charge in [0, 0.05) is 10.9 Å². The summed E-state index contributed by atoms with van der Waals surface area (Å²) in [5, 5.41) is 3.73. The van der Waals surface area contributed by atoms with E-state index in [2.05, 4.69) is 10.3 Å². The van der Waals surface area contributed by atoms with Crippen molar-refractivity contribution in [2.24, 2.45) is 0 Å². The Bertz CT molecular complexity index is 1140. The molecule has 0 fully saturated rings. The van der Waals surface area contributed by atoms with Crippen LogP contribution in [0.4, 0.5) is 10.1 Å². The Morgan fingerprint density at radius 3 is 2.50 bits per heavy atom. The van der Waals surface area contributed by atoms with E-state index in [0.29, 0.717) is 21.1 Å². The van der Waals surface area contributed by atoms with Crippen LogP contribution >= 0.6 is 11.3 Å². The lowest BCUT2D eigenvalue weighted by atomic mass is 10.1. The first-order chi connectivity index (χ1) is 13.5. The van der Waals surface area contributed by atoms with Crippen molar-refractivity contribution in [1.82, 2.24) is 10.3 Å². The van der Waals surface area contributed by atoms with Crippen LogP contribution in [-0.4, -0.2) is 10.9 Å². The van der Waals surface area contributed by atoms with Crippen LogP contribution in [-0.2, 0) is 0 Å². The molecular weight excluding hydrogens is 373 g/mol. The van der Waals surface area contributed by atoms with E-state index < -0.39 is 0 Å². The average molecular weight is 391 g/mol. The molecule has 4 nitrogen and oxygen atoms in total. The summed E-state index contributed by atoms with van der Waals surface area (Å²) >= 11 is 1.26. The van der Waals surface area contributed by atoms with E-state index in [9.17, 15) is 9.18 Å². The largest absolute Gasteiger partial charge is 0.397 e. The van der Waals surface area contributed by atoms with E-state index in [-0.39, 0.29) is 17.8 Å². The number of aromatic nitrogens is 1. The summed E-state index contributed by atoms with van der Waals surface area (Å²) in [6.07, 6.45) is 0. The maximum absolute atomic E-state index is 13.1. The number of benzene rings is 2. The number of hydrogen-bond acceptors (Lipinski definition) is 4. The molecule has 1 unspecified atom stereocenters. The number of thiophene rings is 1. The van der Waals surface area contributed by atoms with Gasteiger partial charge >= 0.3 is 0 Å². The SMILES string of the molecule is CC(NC(=O)c1sc2nc(-c3ccc(F)cc3)ccc2c1N)c1ccccc1. The van der Waals surface area contributed by atoms with Gasteiger partial charge in [-0.05, 0) is 48.9 Å². The minimum Gasteiger partial charge on any atom is -0.397 e. The van der Waals surface area contributed by atoms with E-state index in [1.165, 1.54) is 23.5 Å². The topological polar surface area (TPSA) is 68.0 Å². The summed E-state index contributed by atoms with van der Waals surface area (Å²) in [6, 6.07) is 19.4. The molecule has 0 aliphatic carbocycles. The minimum atomic E-state index is -0.295. The predicted octanol–water partition coefficient (Wildman–Crippen LogP) is 5.18. The van der Waals surface area contributed by atoms with E-state index in [0.717, 1.165) is 16.5 Å². The Kier molecular flexibility index (Phi) is 4.79. The number of nitrogens with zero attached hydrogens (tertiary/aromatic N) is 1. The number of rotatable bonds is 4. The van der Waals surface area contributed by atoms with Gasteiger partial charge in [-0.15, -0.1) is 11.3 Å². The Balaban J connectivity index is 1.63. The van der Waals surface area contributed by atoms with Gasteiger partial charge in [-0.3, -0.25) is 4.79 Å². The number of pyridine rings is 1. The fourth-order valence-electron chi connectivity index (χ4n) is 3.03. The molecule has 4 aromatic rings. The standard InChI is InChI=1S/C22H18FN3OS/c1-13(14-5-3-2-4-6-14)25-21(27)20-19(24)17-11-12-18(26-22(17)28-20)15-7-9-16(23)10-8-15/h2-13H,24H2,1H3,(H,25,27). The Morgan fingerprint density at radius 2 is 1.79 bits per heavy atom. The van der Waals surface area contributed by atoms with Crippen LogP contribution in [0.3, 0.4) is 0 Å². The maximum Gasteiger partial charge on any atom is 0.264 e. The van der Waals surface area contributed by atoms with E-state index in [1.54, 1.807) is 12.1 Å². The Morgan fingerprint density at radius 1 is 1.07 bits per heavy atom. The summed E-state index contributed by atoms with van der Waals surface area (Å²) in [5.74, 6) is -0.517. The number of amides is 1. The first-order valence-electron chi connectivity index (χ1n) is 8.83. The van der Waals surface area contributed by atoms with Crippen molar-refractivity contribution in [3.63, 3.8) is 0 Å². The van der Waals surface area contributed by atoms with Crippen molar-refractivity contribution in [2.75, 3.05) is 5.73 Å². The third kappa shape index (κ3) is 3.46. The zero-order valence-corrected chi connectivity index (χ0v) is 16.0. The molecule has 2 aromatic carbocycles. The second kappa shape index (κ2) is 7.40. The summed E-state index contributed by atoms with van der Waals surface area (Å²) in [4.78, 5) is 18.5. The lowest BCUT2D eigenvalue weighted by Gasteiger charge is -2.13. The van der Waals surface area contributed by atoms with Crippen molar-refractivity contribution in [1.29, 1.82) is 0 Å². The van der Waals surface area contributed by atoms with Gasteiger partial charge in [-0.1, -0.05) is 30.3 Å². The molecule has 0 saturated heterocycles. The number of hydrogen-bond donors (Lipinski definition) is 2. The average Bonchev–Trinajstić information content (AvgIpc) is 3.05. The molecule has 28 heavy (non-hydrogen) atoms. The normalized spacial score (nSPS) is 12.1. The van der Waals surface area contributed by atoms with Crippen LogP contribution in [0, 0.1) is 5.82 Å². The molecule has 1 atom stereocenters. The molecule has 0 bridgehead atoms. The van der Waals surface area contributed by atoms with Gasteiger partial charge in [0.1, 0.15) is 15.5 Å². The van der Waals surface area contributed by atoms with Gasteiger partial charge in [-0.2, -0.15) is 0 Å². The van der Waals surface area contributed by atoms with Crippen LogP contribution in [0.25, 0.3) is 21.5 Å². The quantitative estimate of drug-likeness (QED) is 0.504. The maximum atomic E-state index is 13.1. The smallest absolute Gasteiger partial charge is 0.264 e. The summed E-state index contributed by atoms with van der Waals surface area (Å²) in [6.45, 7) is 1.93. The molecule has 1 amide bonds. The van der Waals surface area contributed by atoms with Crippen LogP contribution in [0.5, 0.6) is 0 Å². The molecular formula is C22H18FN3OS. The number of anilines is 1. The first-order valence-corrected chi connectivity index (χ1v) is 9.65. The third-order valence-electron chi connectivity index (χ3n) is 4.59. The Hall–Kier alpha value is -3.25. The number of nitrogens with one attached hydrogen (secondary N) is 1. The molecule has 140 valence electrons. The monoisotopic (exact) mass is 391 g/mol. The van der Waals surface area contributed by atoms with Gasteiger partial charge in [0.25, 0.3) is 5.91 Å². The highest BCUT2D eigenvalue weighted by molar-refractivity contribution is 7.21. The van der Waals surface area contributed by atoms with E-state index in [1.807, 2.05) is 49.4 Å². The van der Waals surface area contributed by atoms with Crippen molar-refractivity contribution in [3.05, 3.63) is 83.0 Å². The van der Waals surface area contributed by atoms with Crippen LogP contribution in [0.15, 0.2) is 66.7 Å². The van der Waals surface area contributed by atoms with Gasteiger partial charge in [0.05, 0.1) is 17.4 Å². The fourth-order valence-corrected chi connectivity index (χ4v) is 4.03. The number of nitrogens with two attached hydrogens (primary N) is 1. The predicted molar refractivity (Wildman–Crippen MR) is 112 cm³/mol. The molecule has 2 aromatic heterocycles. The highest BCUT2D eigenvalue weighted by Gasteiger charge is 2.19. The first kappa shape index (κ1) is 18.1. The highest BCUT2D eigenvalue weighted by Crippen LogP contribution is 2.34. The number of halogens is 1. The molecule has 0 aliphatic rings. The van der Waals surface area contributed by atoms with Crippen molar-refractivity contribution >= 4 is 33.1 Å². The van der Waals surface area contributed by atoms with Crippen LogP contribution < -0.4 is 11.1 Å². The van der Waals surface area contributed by atoms with E-state index in [4.69, 9.17) is 5.73 Å². The zero-order valence-electron chi connectivity index (χ0n) is 15.1. The molecule has 0 saturated carbocycles. The summed E-state index contributed by atoms with van der Waals surface area (Å²) in [7, 11) is 0. The van der Waals surface area contributed by atoms with Crippen LogP contribution in [0.2, 0.25) is 0 Å². The lowest BCUT2D eigenvalue weighted by molar-refractivity contribution is 0.0945. The second-order valence-electron chi connectivity index (χ2n) is 6.51. The van der Waals surface area contributed by atoms with Crippen molar-refractivity contribution in [2.45, 2.75) is 13.0 Å². The molecule has 0 radical (unpaired) electrons. The molecule has 0 aliphatic heterocycles. The van der Waals surface area contributed by atoms with Crippen molar-refractivity contribution < 1.29 is 9.18 Å². The fraction of sp³-hybridized carbons (Fsp3) is 0.0909. The van der Waals surface area contributed by atoms with Gasteiger partial charge in [0.2, 0.25) is 0 Å². The number of carbonyl (C=O) groups is 1. The molecule has 0 spiro atoms. The molecule has 6 heteroatoms. The van der Waals surface area contributed by atoms with Gasteiger partial charge in [-0.25, -0.2) is 9.37 Å². The molecule has 2 heterocycles. The number of fused-ring (bicyclic) bond motifs is 1. The lowest BCUT2D eigenvalue weighted by Crippen LogP contribution is -2.26. The summed E-state index contributed by atoms with van der Waals surface area (Å²) in [5.41, 5.74) is 9.18. The third-order valence-corrected chi connectivity index (χ3v) is 5.70.